The van der Waals surface area contributed by atoms with Crippen molar-refractivity contribution >= 4 is 15.9 Å². The van der Waals surface area contributed by atoms with Crippen LogP contribution in [0.4, 0.5) is 17.6 Å². The average molecular weight is 290 g/mol. The van der Waals surface area contributed by atoms with E-state index in [9.17, 15) is 17.6 Å². The van der Waals surface area contributed by atoms with Crippen LogP contribution in [0.2, 0.25) is 0 Å². The molecule has 0 amide bonds. The fourth-order valence-electron chi connectivity index (χ4n) is 0.876. The van der Waals surface area contributed by atoms with Crippen LogP contribution in [0.5, 0.6) is 0 Å². The zero-order chi connectivity index (χ0) is 11.5. The van der Waals surface area contributed by atoms with Gasteiger partial charge in [-0.3, -0.25) is 0 Å². The van der Waals surface area contributed by atoms with Gasteiger partial charge in [0.25, 0.3) is 0 Å². The molecule has 0 bridgehead atoms. The van der Waals surface area contributed by atoms with Gasteiger partial charge in [0.2, 0.25) is 0 Å². The highest BCUT2D eigenvalue weighted by Gasteiger charge is 2.39. The van der Waals surface area contributed by atoms with Crippen molar-refractivity contribution in [3.05, 3.63) is 22.6 Å². The topological polar surface area (TPSA) is 25.2 Å². The van der Waals surface area contributed by atoms with Crippen LogP contribution in [0.15, 0.2) is 21.2 Å². The number of furan rings is 1. The number of hydrogen-bond acceptors (Lipinski definition) is 2. The Morgan fingerprint density at radius 1 is 1.40 bits per heavy atom. The Kier molecular flexibility index (Phi) is 4.15. The fourth-order valence-corrected chi connectivity index (χ4v) is 1.22. The molecule has 15 heavy (non-hydrogen) atoms. The van der Waals surface area contributed by atoms with Gasteiger partial charge in [0.05, 0.1) is 13.1 Å². The lowest BCUT2D eigenvalue weighted by atomic mass is 10.3. The lowest BCUT2D eigenvalue weighted by Crippen LogP contribution is -2.38. The van der Waals surface area contributed by atoms with Crippen molar-refractivity contribution in [2.45, 2.75) is 18.9 Å². The molecule has 0 fully saturated rings. The Morgan fingerprint density at radius 2 is 2.07 bits per heavy atom. The summed E-state index contributed by atoms with van der Waals surface area (Å²) in [4.78, 5) is 0. The molecule has 0 aliphatic carbocycles. The summed E-state index contributed by atoms with van der Waals surface area (Å²) in [6.45, 7) is -1.10. The molecule has 0 aliphatic heterocycles. The third-order valence-electron chi connectivity index (χ3n) is 1.61. The minimum absolute atomic E-state index is 0.0199. The average Bonchev–Trinajstić information content (AvgIpc) is 2.51. The Bertz CT molecular complexity index is 315. The van der Waals surface area contributed by atoms with Crippen molar-refractivity contribution in [2.75, 3.05) is 6.54 Å². The molecule has 0 unspecified atom stereocenters. The third kappa shape index (κ3) is 3.83. The first-order valence-corrected chi connectivity index (χ1v) is 4.82. The van der Waals surface area contributed by atoms with Crippen molar-refractivity contribution in [1.29, 1.82) is 0 Å². The second-order valence-corrected chi connectivity index (χ2v) is 3.65. The van der Waals surface area contributed by atoms with Gasteiger partial charge in [-0.2, -0.15) is 8.78 Å². The van der Waals surface area contributed by atoms with Gasteiger partial charge >= 0.3 is 12.3 Å². The molecule has 1 aromatic heterocycles. The van der Waals surface area contributed by atoms with Crippen LogP contribution in [0.3, 0.4) is 0 Å². The maximum Gasteiger partial charge on any atom is 0.319 e. The van der Waals surface area contributed by atoms with E-state index in [1.165, 1.54) is 0 Å². The smallest absolute Gasteiger partial charge is 0.319 e. The lowest BCUT2D eigenvalue weighted by Gasteiger charge is -2.14. The van der Waals surface area contributed by atoms with Gasteiger partial charge in [0.15, 0.2) is 4.67 Å². The lowest BCUT2D eigenvalue weighted by molar-refractivity contribution is -0.125. The largest absolute Gasteiger partial charge is 0.453 e. The number of halogens is 5. The maximum absolute atomic E-state index is 12.4. The van der Waals surface area contributed by atoms with E-state index in [1.807, 2.05) is 0 Å². The summed E-state index contributed by atoms with van der Waals surface area (Å²) in [6, 6.07) is 3.14. The van der Waals surface area contributed by atoms with E-state index in [2.05, 4.69) is 21.2 Å². The molecule has 0 radical (unpaired) electrons. The van der Waals surface area contributed by atoms with Gasteiger partial charge in [-0.25, -0.2) is 8.78 Å². The van der Waals surface area contributed by atoms with E-state index in [0.29, 0.717) is 10.4 Å². The van der Waals surface area contributed by atoms with Crippen LogP contribution < -0.4 is 5.32 Å². The van der Waals surface area contributed by atoms with Gasteiger partial charge in [-0.15, -0.1) is 0 Å². The quantitative estimate of drug-likeness (QED) is 0.843. The third-order valence-corrected chi connectivity index (χ3v) is 2.03. The Hall–Kier alpha value is -0.560. The highest BCUT2D eigenvalue weighted by molar-refractivity contribution is 9.10. The van der Waals surface area contributed by atoms with E-state index in [1.54, 1.807) is 12.1 Å². The summed E-state index contributed by atoms with van der Waals surface area (Å²) in [5.41, 5.74) is 0. The molecule has 1 aromatic rings. The Morgan fingerprint density at radius 3 is 2.53 bits per heavy atom. The zero-order valence-corrected chi connectivity index (χ0v) is 9.03. The van der Waals surface area contributed by atoms with Gasteiger partial charge in [0.1, 0.15) is 5.76 Å². The van der Waals surface area contributed by atoms with Crippen molar-refractivity contribution < 1.29 is 22.0 Å². The van der Waals surface area contributed by atoms with Crippen molar-refractivity contribution in [1.82, 2.24) is 5.32 Å². The highest BCUT2D eigenvalue weighted by Crippen LogP contribution is 2.21. The number of hydrogen-bond donors (Lipinski definition) is 1. The van der Waals surface area contributed by atoms with Crippen LogP contribution in [0.25, 0.3) is 0 Å². The first-order valence-electron chi connectivity index (χ1n) is 4.03. The minimum Gasteiger partial charge on any atom is -0.453 e. The predicted molar refractivity (Wildman–Crippen MR) is 49.1 cm³/mol. The maximum atomic E-state index is 12.4. The molecule has 1 rings (SSSR count). The van der Waals surface area contributed by atoms with Crippen molar-refractivity contribution in [3.63, 3.8) is 0 Å². The number of alkyl halides is 4. The first-order chi connectivity index (χ1) is 6.92. The van der Waals surface area contributed by atoms with Crippen LogP contribution in [-0.4, -0.2) is 18.9 Å². The van der Waals surface area contributed by atoms with Crippen molar-refractivity contribution in [2.24, 2.45) is 0 Å². The summed E-state index contributed by atoms with van der Waals surface area (Å²) >= 11 is 3.02. The normalized spacial score (nSPS) is 12.4. The van der Waals surface area contributed by atoms with Gasteiger partial charge in [-0.1, -0.05) is 0 Å². The monoisotopic (exact) mass is 289 g/mol. The molecule has 0 aliphatic rings. The molecule has 0 saturated heterocycles. The molecular weight excluding hydrogens is 282 g/mol. The van der Waals surface area contributed by atoms with Gasteiger partial charge in [-0.05, 0) is 28.1 Å². The summed E-state index contributed by atoms with van der Waals surface area (Å²) in [7, 11) is 0. The van der Waals surface area contributed by atoms with Crippen LogP contribution in [0, 0.1) is 0 Å². The number of rotatable bonds is 5. The molecule has 1 N–H and O–H groups in total. The molecule has 0 atom stereocenters. The van der Waals surface area contributed by atoms with E-state index in [4.69, 9.17) is 4.42 Å². The fraction of sp³-hybridized carbons (Fsp3) is 0.500. The van der Waals surface area contributed by atoms with Crippen LogP contribution in [-0.2, 0) is 6.54 Å². The minimum atomic E-state index is -4.01. The Balaban J connectivity index is 2.33. The molecule has 86 valence electrons. The molecule has 7 heteroatoms. The molecular formula is C8H8BrF4NO. The van der Waals surface area contributed by atoms with E-state index in [0.717, 1.165) is 0 Å². The standard InChI is InChI=1S/C8H8BrF4NO/c9-6-2-1-5(15-6)3-14-4-8(12,13)7(10)11/h1-2,7,14H,3-4H2. The molecule has 0 aromatic carbocycles. The summed E-state index contributed by atoms with van der Waals surface area (Å²) in [5, 5.41) is 2.19. The van der Waals surface area contributed by atoms with E-state index >= 15 is 0 Å². The Labute approximate surface area is 91.8 Å². The van der Waals surface area contributed by atoms with Crippen LogP contribution >= 0.6 is 15.9 Å². The second kappa shape index (κ2) is 4.98. The molecule has 2 nitrogen and oxygen atoms in total. The van der Waals surface area contributed by atoms with Gasteiger partial charge < -0.3 is 9.73 Å². The molecule has 0 spiro atoms. The van der Waals surface area contributed by atoms with Crippen LogP contribution in [0.1, 0.15) is 5.76 Å². The van der Waals surface area contributed by atoms with E-state index < -0.39 is 18.9 Å². The SMILES string of the molecule is FC(F)C(F)(F)CNCc1ccc(Br)o1. The number of nitrogens with one attached hydrogen (secondary N) is 1. The summed E-state index contributed by atoms with van der Waals surface area (Å²) < 4.78 is 53.7. The summed E-state index contributed by atoms with van der Waals surface area (Å²) in [6.07, 6.45) is -3.66. The first kappa shape index (κ1) is 12.5. The molecule has 1 heterocycles. The second-order valence-electron chi connectivity index (χ2n) is 2.87. The highest BCUT2D eigenvalue weighted by atomic mass is 79.9. The molecule has 0 saturated carbocycles. The zero-order valence-electron chi connectivity index (χ0n) is 7.44. The summed E-state index contributed by atoms with van der Waals surface area (Å²) in [5.74, 6) is -3.61. The van der Waals surface area contributed by atoms with Crippen molar-refractivity contribution in [3.8, 4) is 0 Å². The van der Waals surface area contributed by atoms with Gasteiger partial charge in [0, 0.05) is 0 Å². The predicted octanol–water partition coefficient (Wildman–Crippen LogP) is 3.03. The van der Waals surface area contributed by atoms with E-state index in [-0.39, 0.29) is 6.54 Å².